The molecule has 0 aliphatic heterocycles. The highest BCUT2D eigenvalue weighted by molar-refractivity contribution is 5.85. The fourth-order valence-corrected chi connectivity index (χ4v) is 1.04. The van der Waals surface area contributed by atoms with E-state index in [9.17, 15) is 9.59 Å². The number of nitrogens with one attached hydrogen (secondary N) is 1. The van der Waals surface area contributed by atoms with Crippen molar-refractivity contribution >= 4 is 5.97 Å². The van der Waals surface area contributed by atoms with Gasteiger partial charge >= 0.3 is 5.97 Å². The molecule has 2 aromatic heterocycles. The van der Waals surface area contributed by atoms with Gasteiger partial charge in [-0.25, -0.2) is 14.9 Å². The van der Waals surface area contributed by atoms with Crippen LogP contribution in [0.5, 0.6) is 0 Å². The second kappa shape index (κ2) is 3.37. The molecule has 0 fully saturated rings. The van der Waals surface area contributed by atoms with E-state index in [0.717, 1.165) is 0 Å². The number of carbonyl (C=O) groups is 1. The zero-order valence-electron chi connectivity index (χ0n) is 7.41. The second-order valence-corrected chi connectivity index (χ2v) is 2.75. The van der Waals surface area contributed by atoms with Crippen molar-refractivity contribution in [2.24, 2.45) is 0 Å². The topological polar surface area (TPSA) is 101 Å². The molecular weight excluding hydrogens is 200 g/mol. The Morgan fingerprint density at radius 3 is 2.80 bits per heavy atom. The summed E-state index contributed by atoms with van der Waals surface area (Å²) >= 11 is 0. The predicted octanol–water partition coefficient (Wildman–Crippen LogP) is -0.346. The van der Waals surface area contributed by atoms with Gasteiger partial charge in [0, 0.05) is 12.3 Å². The molecule has 0 atom stereocenters. The SMILES string of the molecule is O=C(O)c1cn(-c2ccc(=O)[nH]n2)cn1. The van der Waals surface area contributed by atoms with Gasteiger partial charge in [0.1, 0.15) is 6.33 Å². The van der Waals surface area contributed by atoms with E-state index in [1.165, 1.54) is 29.2 Å². The summed E-state index contributed by atoms with van der Waals surface area (Å²) in [6.45, 7) is 0. The number of imidazole rings is 1. The summed E-state index contributed by atoms with van der Waals surface area (Å²) in [5.41, 5.74) is -0.402. The van der Waals surface area contributed by atoms with Crippen LogP contribution < -0.4 is 5.56 Å². The van der Waals surface area contributed by atoms with E-state index < -0.39 is 5.97 Å². The number of hydrogen-bond donors (Lipinski definition) is 2. The molecule has 0 radical (unpaired) electrons. The maximum Gasteiger partial charge on any atom is 0.356 e. The molecule has 0 bridgehead atoms. The molecule has 0 aliphatic carbocycles. The van der Waals surface area contributed by atoms with Gasteiger partial charge in [0.05, 0.1) is 0 Å². The first kappa shape index (κ1) is 9.13. The van der Waals surface area contributed by atoms with Crippen LogP contribution in [-0.4, -0.2) is 30.8 Å². The van der Waals surface area contributed by atoms with E-state index in [1.807, 2.05) is 0 Å². The van der Waals surface area contributed by atoms with Crippen molar-refractivity contribution < 1.29 is 9.90 Å². The Kier molecular flexibility index (Phi) is 2.05. The van der Waals surface area contributed by atoms with Crippen molar-refractivity contribution in [3.8, 4) is 5.82 Å². The highest BCUT2D eigenvalue weighted by Gasteiger charge is 2.07. The lowest BCUT2D eigenvalue weighted by Crippen LogP contribution is -2.08. The van der Waals surface area contributed by atoms with Gasteiger partial charge in [-0.2, -0.15) is 5.10 Å². The van der Waals surface area contributed by atoms with Crippen LogP contribution in [0, 0.1) is 0 Å². The number of carboxylic acid groups (broad SMARTS) is 1. The largest absolute Gasteiger partial charge is 0.476 e. The number of aromatic nitrogens is 4. The van der Waals surface area contributed by atoms with Crippen molar-refractivity contribution in [3.05, 3.63) is 40.7 Å². The van der Waals surface area contributed by atoms with Crippen LogP contribution in [-0.2, 0) is 0 Å². The molecule has 0 aliphatic rings. The summed E-state index contributed by atoms with van der Waals surface area (Å²) < 4.78 is 1.40. The van der Waals surface area contributed by atoms with Gasteiger partial charge in [0.25, 0.3) is 5.56 Å². The van der Waals surface area contributed by atoms with E-state index >= 15 is 0 Å². The number of rotatable bonds is 2. The average Bonchev–Trinajstić information content (AvgIpc) is 2.68. The Bertz CT molecular complexity index is 537. The lowest BCUT2D eigenvalue weighted by molar-refractivity contribution is 0.0691. The Morgan fingerprint density at radius 1 is 1.47 bits per heavy atom. The molecular formula is C8H6N4O3. The number of aromatic amines is 1. The third-order valence-electron chi connectivity index (χ3n) is 1.73. The monoisotopic (exact) mass is 206 g/mol. The number of carboxylic acids is 1. The van der Waals surface area contributed by atoms with Gasteiger partial charge < -0.3 is 5.11 Å². The number of H-pyrrole nitrogens is 1. The molecule has 76 valence electrons. The third-order valence-corrected chi connectivity index (χ3v) is 1.73. The van der Waals surface area contributed by atoms with E-state index in [2.05, 4.69) is 15.2 Å². The zero-order valence-corrected chi connectivity index (χ0v) is 7.41. The standard InChI is InChI=1S/C8H6N4O3/c13-7-2-1-6(10-11-7)12-3-5(8(14)15)9-4-12/h1-4H,(H,11,13)(H,14,15). The minimum absolute atomic E-state index is 0.0806. The summed E-state index contributed by atoms with van der Waals surface area (Å²) in [6.07, 6.45) is 2.62. The minimum Gasteiger partial charge on any atom is -0.476 e. The molecule has 2 heterocycles. The van der Waals surface area contributed by atoms with Crippen LogP contribution in [0.2, 0.25) is 0 Å². The van der Waals surface area contributed by atoms with Crippen molar-refractivity contribution in [2.45, 2.75) is 0 Å². The molecule has 0 amide bonds. The zero-order chi connectivity index (χ0) is 10.8. The highest BCUT2D eigenvalue weighted by atomic mass is 16.4. The second-order valence-electron chi connectivity index (χ2n) is 2.75. The summed E-state index contributed by atoms with van der Waals surface area (Å²) in [4.78, 5) is 24.9. The van der Waals surface area contributed by atoms with Crippen molar-refractivity contribution in [1.82, 2.24) is 19.7 Å². The van der Waals surface area contributed by atoms with Crippen LogP contribution in [0.3, 0.4) is 0 Å². The average molecular weight is 206 g/mol. The van der Waals surface area contributed by atoms with E-state index in [1.54, 1.807) is 0 Å². The van der Waals surface area contributed by atoms with Gasteiger partial charge in [-0.05, 0) is 6.07 Å². The Balaban J connectivity index is 2.41. The molecule has 2 N–H and O–H groups in total. The molecule has 15 heavy (non-hydrogen) atoms. The van der Waals surface area contributed by atoms with Crippen LogP contribution in [0.25, 0.3) is 5.82 Å². The van der Waals surface area contributed by atoms with E-state index in [4.69, 9.17) is 5.11 Å². The Hall–Kier alpha value is -2.44. The maximum atomic E-state index is 10.7. The first-order chi connectivity index (χ1) is 7.16. The third kappa shape index (κ3) is 1.75. The Labute approximate surface area is 83.0 Å². The quantitative estimate of drug-likeness (QED) is 0.699. The highest BCUT2D eigenvalue weighted by Crippen LogP contribution is 2.02. The van der Waals surface area contributed by atoms with Gasteiger partial charge in [-0.15, -0.1) is 0 Å². The summed E-state index contributed by atoms with van der Waals surface area (Å²) in [5, 5.41) is 14.6. The first-order valence-corrected chi connectivity index (χ1v) is 4.00. The van der Waals surface area contributed by atoms with Crippen LogP contribution >= 0.6 is 0 Å². The molecule has 0 saturated heterocycles. The summed E-state index contributed by atoms with van der Waals surface area (Å²) in [5.74, 6) is -0.715. The van der Waals surface area contributed by atoms with Gasteiger partial charge in [-0.1, -0.05) is 0 Å². The fraction of sp³-hybridized carbons (Fsp3) is 0. The van der Waals surface area contributed by atoms with Crippen molar-refractivity contribution in [2.75, 3.05) is 0 Å². The van der Waals surface area contributed by atoms with Crippen molar-refractivity contribution in [3.63, 3.8) is 0 Å². The summed E-state index contributed by atoms with van der Waals surface area (Å²) in [6, 6.07) is 2.76. The number of aromatic carboxylic acids is 1. The predicted molar refractivity (Wildman–Crippen MR) is 48.9 cm³/mol. The van der Waals surface area contributed by atoms with Crippen molar-refractivity contribution in [1.29, 1.82) is 0 Å². The normalized spacial score (nSPS) is 10.1. The molecule has 7 nitrogen and oxygen atoms in total. The van der Waals surface area contributed by atoms with Crippen LogP contribution in [0.1, 0.15) is 10.5 Å². The van der Waals surface area contributed by atoms with Crippen LogP contribution in [0.4, 0.5) is 0 Å². The molecule has 0 spiro atoms. The molecule has 0 saturated carbocycles. The Morgan fingerprint density at radius 2 is 2.27 bits per heavy atom. The lowest BCUT2D eigenvalue weighted by Gasteiger charge is -1.96. The van der Waals surface area contributed by atoms with E-state index in [0.29, 0.717) is 5.82 Å². The summed E-state index contributed by atoms with van der Waals surface area (Å²) in [7, 11) is 0. The number of nitrogens with zero attached hydrogens (tertiary/aromatic N) is 3. The fourth-order valence-electron chi connectivity index (χ4n) is 1.04. The molecule has 2 aromatic rings. The molecule has 0 aromatic carbocycles. The molecule has 2 rings (SSSR count). The van der Waals surface area contributed by atoms with E-state index in [-0.39, 0.29) is 11.3 Å². The maximum absolute atomic E-state index is 10.7. The smallest absolute Gasteiger partial charge is 0.356 e. The molecule has 0 unspecified atom stereocenters. The van der Waals surface area contributed by atoms with Gasteiger partial charge in [0.15, 0.2) is 11.5 Å². The minimum atomic E-state index is -1.11. The van der Waals surface area contributed by atoms with Gasteiger partial charge in [0.2, 0.25) is 0 Å². The number of hydrogen-bond acceptors (Lipinski definition) is 4. The molecule has 7 heteroatoms. The van der Waals surface area contributed by atoms with Gasteiger partial charge in [-0.3, -0.25) is 9.36 Å². The van der Waals surface area contributed by atoms with Crippen LogP contribution in [0.15, 0.2) is 29.5 Å². The lowest BCUT2D eigenvalue weighted by atomic mass is 10.5. The first-order valence-electron chi connectivity index (χ1n) is 4.00.